The quantitative estimate of drug-likeness (QED) is 0.175. The zero-order valence-corrected chi connectivity index (χ0v) is 28.5. The van der Waals surface area contributed by atoms with Crippen LogP contribution in [0.2, 0.25) is 0 Å². The first-order valence-electron chi connectivity index (χ1n) is 18.0. The van der Waals surface area contributed by atoms with Gasteiger partial charge in [0.25, 0.3) is 0 Å². The minimum Gasteiger partial charge on any atom is -0.338 e. The van der Waals surface area contributed by atoms with Gasteiger partial charge in [-0.3, -0.25) is 0 Å². The fraction of sp³-hybridized carbons (Fsp3) is 0.125. The molecule has 1 spiro atoms. The summed E-state index contributed by atoms with van der Waals surface area (Å²) < 4.78 is 2.55. The van der Waals surface area contributed by atoms with Crippen LogP contribution < -0.4 is 4.90 Å². The van der Waals surface area contributed by atoms with Crippen molar-refractivity contribution >= 4 is 38.9 Å². The van der Waals surface area contributed by atoms with Crippen molar-refractivity contribution in [3.8, 4) is 22.3 Å². The molecule has 0 bridgehead atoms. The van der Waals surface area contributed by atoms with E-state index < -0.39 is 0 Å². The molecular formula is C48H38N2. The van der Waals surface area contributed by atoms with Gasteiger partial charge in [-0.1, -0.05) is 129 Å². The van der Waals surface area contributed by atoms with E-state index >= 15 is 0 Å². The molecule has 2 nitrogen and oxygen atoms in total. The Hall–Kier alpha value is -5.86. The van der Waals surface area contributed by atoms with Crippen molar-refractivity contribution in [3.63, 3.8) is 0 Å². The third-order valence-electron chi connectivity index (χ3n) is 11.4. The van der Waals surface area contributed by atoms with E-state index in [1.807, 2.05) is 0 Å². The van der Waals surface area contributed by atoms with Gasteiger partial charge in [0.2, 0.25) is 0 Å². The Morgan fingerprint density at radius 1 is 0.480 bits per heavy atom. The van der Waals surface area contributed by atoms with Crippen LogP contribution in [0.5, 0.6) is 0 Å². The Kier molecular flexibility index (Phi) is 6.45. The predicted molar refractivity (Wildman–Crippen MR) is 210 cm³/mol. The lowest BCUT2D eigenvalue weighted by atomic mass is 9.70. The number of hydrogen-bond acceptors (Lipinski definition) is 1. The van der Waals surface area contributed by atoms with E-state index in [9.17, 15) is 0 Å². The number of para-hydroxylation sites is 2. The van der Waals surface area contributed by atoms with Crippen LogP contribution in [-0.2, 0) is 5.41 Å². The molecule has 10 rings (SSSR count). The molecule has 1 atom stereocenters. The average molecular weight is 643 g/mol. The Bertz CT molecular complexity index is 2530. The number of benzene rings is 7. The fourth-order valence-electron chi connectivity index (χ4n) is 9.40. The molecule has 50 heavy (non-hydrogen) atoms. The van der Waals surface area contributed by atoms with Crippen LogP contribution in [0, 0.1) is 0 Å². The van der Waals surface area contributed by atoms with E-state index in [2.05, 4.69) is 187 Å². The predicted octanol–water partition coefficient (Wildman–Crippen LogP) is 13.0. The monoisotopic (exact) mass is 642 g/mol. The first-order chi connectivity index (χ1) is 24.7. The van der Waals surface area contributed by atoms with Crippen LogP contribution in [0.1, 0.15) is 55.0 Å². The van der Waals surface area contributed by atoms with Gasteiger partial charge < -0.3 is 9.47 Å². The summed E-state index contributed by atoms with van der Waals surface area (Å²) in [6, 6.07) is 61.6. The Labute approximate surface area is 293 Å². The Balaban J connectivity index is 1.23. The van der Waals surface area contributed by atoms with Crippen molar-refractivity contribution < 1.29 is 0 Å². The average Bonchev–Trinajstić information content (AvgIpc) is 3.77. The molecule has 0 fully saturated rings. The summed E-state index contributed by atoms with van der Waals surface area (Å²) in [4.78, 5) is 2.45. The molecule has 240 valence electrons. The van der Waals surface area contributed by atoms with Crippen LogP contribution >= 0.6 is 0 Å². The standard InChI is InChI=1S/C48H38N2/c1-3-15-32(2)49-46-25-14-10-21-40(46)41-30-34(27-29-47(41)49)50(33-16-5-4-6-17-33)35-26-28-39-38-20-9-13-24-44(38)48(45(39)31-35)42-22-11-7-18-36(42)37-19-8-12-23-43(37)48/h4-14,16-32H,3,15H2,1-2H3/t32-/m1/s1. The molecule has 0 N–H and O–H groups in total. The van der Waals surface area contributed by atoms with Gasteiger partial charge in [-0.05, 0) is 106 Å². The molecule has 0 aliphatic heterocycles. The second-order valence-corrected chi connectivity index (χ2v) is 14.0. The minimum atomic E-state index is -0.385. The molecule has 0 saturated heterocycles. The topological polar surface area (TPSA) is 8.17 Å². The summed E-state index contributed by atoms with van der Waals surface area (Å²) in [5, 5.41) is 2.61. The maximum absolute atomic E-state index is 2.55. The summed E-state index contributed by atoms with van der Waals surface area (Å²) in [7, 11) is 0. The maximum atomic E-state index is 2.55. The normalized spacial score (nSPS) is 14.0. The third kappa shape index (κ3) is 3.91. The number of anilines is 3. The van der Waals surface area contributed by atoms with Crippen molar-refractivity contribution in [2.75, 3.05) is 4.90 Å². The van der Waals surface area contributed by atoms with E-state index in [0.717, 1.165) is 29.9 Å². The van der Waals surface area contributed by atoms with Gasteiger partial charge in [0, 0.05) is 44.9 Å². The van der Waals surface area contributed by atoms with Crippen LogP contribution in [0.3, 0.4) is 0 Å². The Morgan fingerprint density at radius 3 is 1.66 bits per heavy atom. The molecule has 0 amide bonds. The van der Waals surface area contributed by atoms with Crippen molar-refractivity contribution in [3.05, 3.63) is 186 Å². The second kappa shape index (κ2) is 11.1. The van der Waals surface area contributed by atoms with Gasteiger partial charge in [-0.2, -0.15) is 0 Å². The molecule has 0 unspecified atom stereocenters. The van der Waals surface area contributed by atoms with Crippen LogP contribution in [0.4, 0.5) is 17.1 Å². The van der Waals surface area contributed by atoms with Gasteiger partial charge in [0.15, 0.2) is 0 Å². The highest BCUT2D eigenvalue weighted by Crippen LogP contribution is 2.63. The Morgan fingerprint density at radius 2 is 1.00 bits per heavy atom. The number of rotatable bonds is 6. The third-order valence-corrected chi connectivity index (χ3v) is 11.4. The van der Waals surface area contributed by atoms with Crippen molar-refractivity contribution in [2.45, 2.75) is 38.1 Å². The number of aromatic nitrogens is 1. The van der Waals surface area contributed by atoms with E-state index in [0.29, 0.717) is 6.04 Å². The van der Waals surface area contributed by atoms with E-state index in [-0.39, 0.29) is 5.41 Å². The lowest BCUT2D eigenvalue weighted by Crippen LogP contribution is -2.26. The van der Waals surface area contributed by atoms with Gasteiger partial charge in [-0.15, -0.1) is 0 Å². The van der Waals surface area contributed by atoms with E-state index in [4.69, 9.17) is 0 Å². The van der Waals surface area contributed by atoms with E-state index in [1.165, 1.54) is 66.3 Å². The largest absolute Gasteiger partial charge is 0.338 e. The maximum Gasteiger partial charge on any atom is 0.0726 e. The molecule has 2 aliphatic carbocycles. The first-order valence-corrected chi connectivity index (χ1v) is 18.0. The second-order valence-electron chi connectivity index (χ2n) is 14.0. The molecule has 2 heteroatoms. The van der Waals surface area contributed by atoms with Gasteiger partial charge in [0.1, 0.15) is 0 Å². The molecule has 1 heterocycles. The van der Waals surface area contributed by atoms with Gasteiger partial charge in [0.05, 0.1) is 5.41 Å². The first kappa shape index (κ1) is 29.1. The summed E-state index contributed by atoms with van der Waals surface area (Å²) in [5.74, 6) is 0. The molecule has 7 aromatic carbocycles. The van der Waals surface area contributed by atoms with Crippen molar-refractivity contribution in [1.82, 2.24) is 4.57 Å². The van der Waals surface area contributed by atoms with Crippen molar-refractivity contribution in [2.24, 2.45) is 0 Å². The number of nitrogens with zero attached hydrogens (tertiary/aromatic N) is 2. The highest BCUT2D eigenvalue weighted by molar-refractivity contribution is 6.10. The highest BCUT2D eigenvalue weighted by atomic mass is 15.1. The number of hydrogen-bond donors (Lipinski definition) is 0. The summed E-state index contributed by atoms with van der Waals surface area (Å²) in [6.07, 6.45) is 2.31. The molecule has 2 aliphatic rings. The van der Waals surface area contributed by atoms with Gasteiger partial charge >= 0.3 is 0 Å². The summed E-state index contributed by atoms with van der Waals surface area (Å²) >= 11 is 0. The molecular weight excluding hydrogens is 605 g/mol. The SMILES string of the molecule is CCC[C@@H](C)n1c2ccccc2c2cc(N(c3ccccc3)c3ccc4c(c3)C3(c5ccccc5-c5ccccc53)c3ccccc3-4)ccc21. The number of fused-ring (bicyclic) bond motifs is 13. The van der Waals surface area contributed by atoms with Crippen LogP contribution in [-0.4, -0.2) is 4.57 Å². The zero-order chi connectivity index (χ0) is 33.4. The molecule has 0 radical (unpaired) electrons. The minimum absolute atomic E-state index is 0.385. The van der Waals surface area contributed by atoms with Crippen LogP contribution in [0.25, 0.3) is 44.1 Å². The highest BCUT2D eigenvalue weighted by Gasteiger charge is 2.51. The molecule has 0 saturated carbocycles. The zero-order valence-electron chi connectivity index (χ0n) is 28.5. The van der Waals surface area contributed by atoms with Crippen molar-refractivity contribution in [1.29, 1.82) is 0 Å². The summed E-state index contributed by atoms with van der Waals surface area (Å²) in [6.45, 7) is 4.64. The smallest absolute Gasteiger partial charge is 0.0726 e. The molecule has 1 aromatic heterocycles. The lowest BCUT2D eigenvalue weighted by Gasteiger charge is -2.32. The van der Waals surface area contributed by atoms with Gasteiger partial charge in [-0.25, -0.2) is 0 Å². The fourth-order valence-corrected chi connectivity index (χ4v) is 9.40. The van der Waals surface area contributed by atoms with Crippen LogP contribution in [0.15, 0.2) is 164 Å². The molecule has 8 aromatic rings. The lowest BCUT2D eigenvalue weighted by molar-refractivity contribution is 0.527. The summed E-state index contributed by atoms with van der Waals surface area (Å²) in [5.41, 5.74) is 16.4. The van der Waals surface area contributed by atoms with E-state index in [1.54, 1.807) is 0 Å².